The minimum Gasteiger partial charge on any atom is -0.294 e. The Bertz CT molecular complexity index is 776. The molecule has 0 fully saturated rings. The van der Waals surface area contributed by atoms with Crippen molar-refractivity contribution < 1.29 is 13.2 Å². The Kier molecular flexibility index (Phi) is 4.25. The third kappa shape index (κ3) is 3.24. The molecule has 3 rings (SSSR count). The number of benzene rings is 1. The molecule has 2 heterocycles. The van der Waals surface area contributed by atoms with Crippen LogP contribution in [0.25, 0.3) is 0 Å². The SMILES string of the molecule is C[C@H](CN1CCn2c(nn(C)c2=O)C1)c1ccc(C(F)(F)F)cc1. The van der Waals surface area contributed by atoms with Crippen LogP contribution < -0.4 is 5.69 Å². The first kappa shape index (κ1) is 16.8. The van der Waals surface area contributed by atoms with Crippen LogP contribution in [0.1, 0.15) is 29.8 Å². The zero-order valence-corrected chi connectivity index (χ0v) is 13.5. The summed E-state index contributed by atoms with van der Waals surface area (Å²) in [7, 11) is 1.63. The van der Waals surface area contributed by atoms with Crippen molar-refractivity contribution in [2.24, 2.45) is 7.05 Å². The van der Waals surface area contributed by atoms with E-state index in [1.807, 2.05) is 6.92 Å². The third-order valence-corrected chi connectivity index (χ3v) is 4.43. The Balaban J connectivity index is 1.67. The molecule has 0 amide bonds. The van der Waals surface area contributed by atoms with Crippen molar-refractivity contribution in [1.82, 2.24) is 19.2 Å². The monoisotopic (exact) mass is 340 g/mol. The van der Waals surface area contributed by atoms with Crippen molar-refractivity contribution in [1.29, 1.82) is 0 Å². The summed E-state index contributed by atoms with van der Waals surface area (Å²) in [6, 6.07) is 5.32. The van der Waals surface area contributed by atoms with Gasteiger partial charge in [0.05, 0.1) is 12.1 Å². The summed E-state index contributed by atoms with van der Waals surface area (Å²) in [5.41, 5.74) is 0.126. The molecular weight excluding hydrogens is 321 g/mol. The Hall–Kier alpha value is -2.09. The van der Waals surface area contributed by atoms with Crippen molar-refractivity contribution in [2.75, 3.05) is 13.1 Å². The molecule has 5 nitrogen and oxygen atoms in total. The van der Waals surface area contributed by atoms with E-state index < -0.39 is 11.7 Å². The maximum atomic E-state index is 12.6. The van der Waals surface area contributed by atoms with Gasteiger partial charge in [-0.3, -0.25) is 9.47 Å². The van der Waals surface area contributed by atoms with Crippen LogP contribution in [0.2, 0.25) is 0 Å². The van der Waals surface area contributed by atoms with Gasteiger partial charge in [0, 0.05) is 26.7 Å². The highest BCUT2D eigenvalue weighted by Gasteiger charge is 2.30. The summed E-state index contributed by atoms with van der Waals surface area (Å²) >= 11 is 0. The van der Waals surface area contributed by atoms with E-state index in [2.05, 4.69) is 10.00 Å². The van der Waals surface area contributed by atoms with Gasteiger partial charge < -0.3 is 0 Å². The minimum absolute atomic E-state index is 0.0919. The van der Waals surface area contributed by atoms with E-state index in [0.717, 1.165) is 30.1 Å². The van der Waals surface area contributed by atoms with E-state index in [1.165, 1.54) is 16.8 Å². The number of fused-ring (bicyclic) bond motifs is 1. The van der Waals surface area contributed by atoms with Gasteiger partial charge in [0.1, 0.15) is 5.82 Å². The number of rotatable bonds is 3. The quantitative estimate of drug-likeness (QED) is 0.861. The van der Waals surface area contributed by atoms with Gasteiger partial charge in [0.15, 0.2) is 0 Å². The Labute approximate surface area is 137 Å². The number of nitrogens with zero attached hydrogens (tertiary/aromatic N) is 4. The van der Waals surface area contributed by atoms with Crippen molar-refractivity contribution in [3.05, 3.63) is 51.7 Å². The number of hydrogen-bond acceptors (Lipinski definition) is 3. The van der Waals surface area contributed by atoms with Crippen LogP contribution in [-0.4, -0.2) is 32.3 Å². The van der Waals surface area contributed by atoms with Crippen LogP contribution in [0, 0.1) is 0 Å². The van der Waals surface area contributed by atoms with Gasteiger partial charge in [-0.25, -0.2) is 9.48 Å². The lowest BCUT2D eigenvalue weighted by Crippen LogP contribution is -2.39. The van der Waals surface area contributed by atoms with Crippen molar-refractivity contribution in [3.8, 4) is 0 Å². The first-order valence-electron chi connectivity index (χ1n) is 7.78. The number of aryl methyl sites for hydroxylation is 1. The van der Waals surface area contributed by atoms with Crippen LogP contribution in [0.3, 0.4) is 0 Å². The zero-order chi connectivity index (χ0) is 17.5. The van der Waals surface area contributed by atoms with Crippen molar-refractivity contribution in [3.63, 3.8) is 0 Å². The molecule has 2 aromatic rings. The summed E-state index contributed by atoms with van der Waals surface area (Å²) in [4.78, 5) is 14.0. The van der Waals surface area contributed by atoms with Crippen LogP contribution in [-0.2, 0) is 26.3 Å². The fraction of sp³-hybridized carbons (Fsp3) is 0.500. The normalized spacial score (nSPS) is 16.9. The van der Waals surface area contributed by atoms with Gasteiger partial charge in [-0.1, -0.05) is 19.1 Å². The summed E-state index contributed by atoms with van der Waals surface area (Å²) in [5.74, 6) is 0.822. The molecule has 1 atom stereocenters. The van der Waals surface area contributed by atoms with Gasteiger partial charge in [0.25, 0.3) is 0 Å². The number of hydrogen-bond donors (Lipinski definition) is 0. The topological polar surface area (TPSA) is 43.1 Å². The predicted molar refractivity (Wildman–Crippen MR) is 82.6 cm³/mol. The molecule has 0 N–H and O–H groups in total. The lowest BCUT2D eigenvalue weighted by molar-refractivity contribution is -0.137. The second-order valence-electron chi connectivity index (χ2n) is 6.23. The van der Waals surface area contributed by atoms with Gasteiger partial charge >= 0.3 is 11.9 Å². The van der Waals surface area contributed by atoms with E-state index in [-0.39, 0.29) is 11.6 Å². The standard InChI is InChI=1S/C16H19F3N4O/c1-11(12-3-5-13(6-4-12)16(17,18)19)9-22-7-8-23-14(10-22)20-21(2)15(23)24/h3-6,11H,7-10H2,1-2H3/t11-/m1/s1. The molecule has 0 spiro atoms. The van der Waals surface area contributed by atoms with Gasteiger partial charge in [-0.15, -0.1) is 0 Å². The minimum atomic E-state index is -4.31. The van der Waals surface area contributed by atoms with Crippen LogP contribution in [0.5, 0.6) is 0 Å². The highest BCUT2D eigenvalue weighted by atomic mass is 19.4. The molecule has 1 aliphatic rings. The molecule has 8 heteroatoms. The largest absolute Gasteiger partial charge is 0.416 e. The lowest BCUT2D eigenvalue weighted by atomic mass is 9.99. The van der Waals surface area contributed by atoms with E-state index in [1.54, 1.807) is 11.6 Å². The van der Waals surface area contributed by atoms with Gasteiger partial charge in [0.2, 0.25) is 0 Å². The smallest absolute Gasteiger partial charge is 0.294 e. The molecule has 0 saturated heterocycles. The van der Waals surface area contributed by atoms with E-state index in [0.29, 0.717) is 19.6 Å². The summed E-state index contributed by atoms with van der Waals surface area (Å²) in [6.07, 6.45) is -4.31. The molecule has 0 unspecified atom stereocenters. The maximum Gasteiger partial charge on any atom is 0.416 e. The fourth-order valence-corrected chi connectivity index (χ4v) is 3.07. The second kappa shape index (κ2) is 6.08. The molecule has 24 heavy (non-hydrogen) atoms. The number of aromatic nitrogens is 3. The van der Waals surface area contributed by atoms with Crippen LogP contribution >= 0.6 is 0 Å². The molecule has 0 aliphatic carbocycles. The maximum absolute atomic E-state index is 12.6. The molecule has 0 saturated carbocycles. The number of alkyl halides is 3. The first-order chi connectivity index (χ1) is 11.3. The van der Waals surface area contributed by atoms with E-state index in [4.69, 9.17) is 0 Å². The van der Waals surface area contributed by atoms with Crippen LogP contribution in [0.15, 0.2) is 29.1 Å². The van der Waals surface area contributed by atoms with E-state index in [9.17, 15) is 18.0 Å². The molecule has 1 aliphatic heterocycles. The van der Waals surface area contributed by atoms with Crippen molar-refractivity contribution >= 4 is 0 Å². The highest BCUT2D eigenvalue weighted by Crippen LogP contribution is 2.30. The van der Waals surface area contributed by atoms with Crippen molar-refractivity contribution in [2.45, 2.75) is 32.1 Å². The molecule has 1 aromatic carbocycles. The molecule has 0 bridgehead atoms. The fourth-order valence-electron chi connectivity index (χ4n) is 3.07. The summed E-state index contributed by atoms with van der Waals surface area (Å²) in [5, 5.41) is 4.22. The second-order valence-corrected chi connectivity index (χ2v) is 6.23. The first-order valence-corrected chi connectivity index (χ1v) is 7.78. The average Bonchev–Trinajstić information content (AvgIpc) is 2.81. The summed E-state index contributed by atoms with van der Waals surface area (Å²) in [6.45, 7) is 4.57. The van der Waals surface area contributed by atoms with E-state index >= 15 is 0 Å². The predicted octanol–water partition coefficient (Wildman–Crippen LogP) is 2.22. The molecule has 130 valence electrons. The Morgan fingerprint density at radius 3 is 2.50 bits per heavy atom. The average molecular weight is 340 g/mol. The molecular formula is C16H19F3N4O. The highest BCUT2D eigenvalue weighted by molar-refractivity contribution is 5.27. The van der Waals surface area contributed by atoms with Gasteiger partial charge in [-0.2, -0.15) is 18.3 Å². The van der Waals surface area contributed by atoms with Gasteiger partial charge in [-0.05, 0) is 23.6 Å². The zero-order valence-electron chi connectivity index (χ0n) is 13.5. The Morgan fingerprint density at radius 1 is 1.21 bits per heavy atom. The third-order valence-electron chi connectivity index (χ3n) is 4.43. The van der Waals surface area contributed by atoms with Crippen LogP contribution in [0.4, 0.5) is 13.2 Å². The molecule has 0 radical (unpaired) electrons. The summed E-state index contributed by atoms with van der Waals surface area (Å²) < 4.78 is 40.9. The number of halogens is 3. The molecule has 1 aromatic heterocycles. The lowest BCUT2D eigenvalue weighted by Gasteiger charge is -2.29. The Morgan fingerprint density at radius 2 is 1.88 bits per heavy atom.